The van der Waals surface area contributed by atoms with Gasteiger partial charge in [-0.15, -0.1) is 11.8 Å². The summed E-state index contributed by atoms with van der Waals surface area (Å²) in [5.41, 5.74) is 6.71. The van der Waals surface area contributed by atoms with Crippen LogP contribution in [0, 0.1) is 0 Å². The summed E-state index contributed by atoms with van der Waals surface area (Å²) >= 11 is 1.78. The van der Waals surface area contributed by atoms with Crippen LogP contribution in [0.2, 0.25) is 0 Å². The SMILES string of the molecule is C/C=C(/CCNCc1ccc(Oc2ccc(C(N)=O)cc2OC)nc1)SC. The fourth-order valence-corrected chi connectivity index (χ4v) is 2.94. The molecule has 0 unspecified atom stereocenters. The summed E-state index contributed by atoms with van der Waals surface area (Å²) in [5, 5.41) is 3.41. The van der Waals surface area contributed by atoms with Crippen molar-refractivity contribution in [1.82, 2.24) is 10.3 Å². The summed E-state index contributed by atoms with van der Waals surface area (Å²) in [5.74, 6) is 0.820. The van der Waals surface area contributed by atoms with Crippen molar-refractivity contribution >= 4 is 17.7 Å². The number of nitrogens with one attached hydrogen (secondary N) is 1. The van der Waals surface area contributed by atoms with Crippen LogP contribution in [0.1, 0.15) is 29.3 Å². The van der Waals surface area contributed by atoms with E-state index in [1.807, 2.05) is 6.07 Å². The maximum absolute atomic E-state index is 11.3. The Labute approximate surface area is 164 Å². The number of methoxy groups -OCH3 is 1. The number of allylic oxidation sites excluding steroid dienone is 1. The molecule has 2 rings (SSSR count). The molecule has 1 heterocycles. The first kappa shape index (κ1) is 20.8. The predicted octanol–water partition coefficient (Wildman–Crippen LogP) is 3.73. The second kappa shape index (κ2) is 10.6. The van der Waals surface area contributed by atoms with Crippen LogP contribution in [0.4, 0.5) is 0 Å². The number of benzene rings is 1. The van der Waals surface area contributed by atoms with E-state index in [-0.39, 0.29) is 0 Å². The molecular formula is C20H25N3O3S. The van der Waals surface area contributed by atoms with Gasteiger partial charge in [0.05, 0.1) is 7.11 Å². The highest BCUT2D eigenvalue weighted by molar-refractivity contribution is 8.02. The highest BCUT2D eigenvalue weighted by Gasteiger charge is 2.10. The Morgan fingerprint density at radius 1 is 1.30 bits per heavy atom. The number of thioether (sulfide) groups is 1. The summed E-state index contributed by atoms with van der Waals surface area (Å²) in [4.78, 5) is 17.0. The van der Waals surface area contributed by atoms with Crippen molar-refractivity contribution in [3.8, 4) is 17.4 Å². The first-order valence-corrected chi connectivity index (χ1v) is 9.80. The Bertz CT molecular complexity index is 792. The van der Waals surface area contributed by atoms with Gasteiger partial charge in [-0.25, -0.2) is 4.98 Å². The maximum Gasteiger partial charge on any atom is 0.248 e. The van der Waals surface area contributed by atoms with Crippen molar-refractivity contribution in [2.24, 2.45) is 5.73 Å². The first-order valence-electron chi connectivity index (χ1n) is 8.58. The largest absolute Gasteiger partial charge is 0.493 e. The zero-order valence-corrected chi connectivity index (χ0v) is 16.6. The fraction of sp³-hybridized carbons (Fsp3) is 0.300. The summed E-state index contributed by atoms with van der Waals surface area (Å²) in [6.07, 6.45) is 7.03. The Balaban J connectivity index is 1.93. The van der Waals surface area contributed by atoms with Crippen LogP contribution in [0.5, 0.6) is 17.4 Å². The standard InChI is InChI=1S/C20H25N3O3S/c1-4-16(27-3)9-10-22-12-14-5-8-19(23-13-14)26-17-7-6-15(20(21)24)11-18(17)25-2/h4-8,11,13,22H,9-10,12H2,1-3H3,(H2,21,24)/b16-4-. The van der Waals surface area contributed by atoms with Gasteiger partial charge < -0.3 is 20.5 Å². The van der Waals surface area contributed by atoms with Crippen LogP contribution >= 0.6 is 11.8 Å². The number of nitrogens with two attached hydrogens (primary N) is 1. The number of nitrogens with zero attached hydrogens (tertiary/aromatic N) is 1. The van der Waals surface area contributed by atoms with Crippen LogP contribution in [0.3, 0.4) is 0 Å². The van der Waals surface area contributed by atoms with E-state index in [0.717, 1.165) is 25.1 Å². The zero-order valence-electron chi connectivity index (χ0n) is 15.8. The monoisotopic (exact) mass is 387 g/mol. The smallest absolute Gasteiger partial charge is 0.248 e. The van der Waals surface area contributed by atoms with E-state index in [1.54, 1.807) is 42.2 Å². The van der Waals surface area contributed by atoms with Gasteiger partial charge in [0.1, 0.15) is 0 Å². The van der Waals surface area contributed by atoms with Crippen LogP contribution in [0.25, 0.3) is 0 Å². The molecule has 0 aliphatic heterocycles. The van der Waals surface area contributed by atoms with E-state index in [0.29, 0.717) is 22.9 Å². The molecule has 1 aromatic carbocycles. The molecule has 0 saturated heterocycles. The molecule has 1 aromatic heterocycles. The van der Waals surface area contributed by atoms with E-state index in [9.17, 15) is 4.79 Å². The Hall–Kier alpha value is -2.51. The van der Waals surface area contributed by atoms with Gasteiger partial charge in [0.25, 0.3) is 0 Å². The summed E-state index contributed by atoms with van der Waals surface area (Å²) in [6, 6.07) is 8.54. The van der Waals surface area contributed by atoms with E-state index in [2.05, 4.69) is 29.6 Å². The van der Waals surface area contributed by atoms with Gasteiger partial charge in [0.15, 0.2) is 11.5 Å². The van der Waals surface area contributed by atoms with E-state index >= 15 is 0 Å². The Morgan fingerprint density at radius 2 is 2.11 bits per heavy atom. The van der Waals surface area contributed by atoms with Gasteiger partial charge in [0.2, 0.25) is 11.8 Å². The lowest BCUT2D eigenvalue weighted by Crippen LogP contribution is -2.15. The minimum Gasteiger partial charge on any atom is -0.493 e. The average molecular weight is 388 g/mol. The van der Waals surface area contributed by atoms with Crippen molar-refractivity contribution in [3.63, 3.8) is 0 Å². The molecule has 7 heteroatoms. The lowest BCUT2D eigenvalue weighted by Gasteiger charge is -2.11. The molecule has 0 bridgehead atoms. The van der Waals surface area contributed by atoms with Crippen LogP contribution in [0.15, 0.2) is 47.5 Å². The number of amides is 1. The van der Waals surface area contributed by atoms with E-state index in [1.165, 1.54) is 12.0 Å². The van der Waals surface area contributed by atoms with E-state index in [4.69, 9.17) is 15.2 Å². The molecule has 144 valence electrons. The number of aromatic nitrogens is 1. The van der Waals surface area contributed by atoms with Crippen LogP contribution in [-0.4, -0.2) is 30.8 Å². The van der Waals surface area contributed by atoms with Crippen molar-refractivity contribution in [2.45, 2.75) is 19.9 Å². The maximum atomic E-state index is 11.3. The Morgan fingerprint density at radius 3 is 2.70 bits per heavy atom. The average Bonchev–Trinajstić information content (AvgIpc) is 2.69. The molecule has 0 saturated carbocycles. The van der Waals surface area contributed by atoms with Crippen molar-refractivity contribution in [2.75, 3.05) is 19.9 Å². The lowest BCUT2D eigenvalue weighted by molar-refractivity contribution is 0.1000. The topological polar surface area (TPSA) is 86.5 Å². The van der Waals surface area contributed by atoms with Crippen LogP contribution in [-0.2, 0) is 6.54 Å². The molecule has 0 radical (unpaired) electrons. The summed E-state index contributed by atoms with van der Waals surface area (Å²) in [6.45, 7) is 3.72. The van der Waals surface area contributed by atoms with Crippen molar-refractivity contribution < 1.29 is 14.3 Å². The minimum atomic E-state index is -0.520. The molecule has 0 fully saturated rings. The molecule has 0 spiro atoms. The van der Waals surface area contributed by atoms with Gasteiger partial charge in [-0.1, -0.05) is 12.1 Å². The highest BCUT2D eigenvalue weighted by Crippen LogP contribution is 2.31. The molecule has 3 N–H and O–H groups in total. The number of pyridine rings is 1. The lowest BCUT2D eigenvalue weighted by atomic mass is 10.2. The van der Waals surface area contributed by atoms with E-state index < -0.39 is 5.91 Å². The summed E-state index contributed by atoms with van der Waals surface area (Å²) in [7, 11) is 1.51. The quantitative estimate of drug-likeness (QED) is 0.604. The third-order valence-corrected chi connectivity index (χ3v) is 4.89. The number of rotatable bonds is 10. The van der Waals surface area contributed by atoms with Crippen LogP contribution < -0.4 is 20.5 Å². The zero-order chi connectivity index (χ0) is 19.6. The molecular weight excluding hydrogens is 362 g/mol. The molecule has 2 aromatic rings. The number of hydrogen-bond acceptors (Lipinski definition) is 6. The fourth-order valence-electron chi connectivity index (χ4n) is 2.40. The molecule has 1 amide bonds. The van der Waals surface area contributed by atoms with Gasteiger partial charge in [-0.2, -0.15) is 0 Å². The minimum absolute atomic E-state index is 0.358. The highest BCUT2D eigenvalue weighted by atomic mass is 32.2. The van der Waals surface area contributed by atoms with Gasteiger partial charge in [-0.05, 0) is 54.8 Å². The molecule has 6 nitrogen and oxygen atoms in total. The number of primary amides is 1. The second-order valence-corrected chi connectivity index (χ2v) is 6.66. The molecule has 0 aliphatic rings. The molecule has 27 heavy (non-hydrogen) atoms. The number of hydrogen-bond donors (Lipinski definition) is 2. The Kier molecular flexibility index (Phi) is 8.16. The van der Waals surface area contributed by atoms with Crippen molar-refractivity contribution in [3.05, 3.63) is 58.6 Å². The van der Waals surface area contributed by atoms with Gasteiger partial charge in [0, 0.05) is 24.4 Å². The number of carbonyl (C=O) groups is 1. The number of carbonyl (C=O) groups excluding carboxylic acids is 1. The normalized spacial score (nSPS) is 11.3. The van der Waals surface area contributed by atoms with Gasteiger partial charge in [-0.3, -0.25) is 4.79 Å². The molecule has 0 atom stereocenters. The third-order valence-electron chi connectivity index (χ3n) is 3.92. The number of ether oxygens (including phenoxy) is 2. The second-order valence-electron chi connectivity index (χ2n) is 5.72. The predicted molar refractivity (Wildman–Crippen MR) is 109 cm³/mol. The molecule has 0 aliphatic carbocycles. The summed E-state index contributed by atoms with van der Waals surface area (Å²) < 4.78 is 11.0. The van der Waals surface area contributed by atoms with Crippen molar-refractivity contribution in [1.29, 1.82) is 0 Å². The first-order chi connectivity index (χ1) is 13.1. The third kappa shape index (κ3) is 6.30. The van der Waals surface area contributed by atoms with Gasteiger partial charge >= 0.3 is 0 Å².